The molecule has 4 rings (SSSR count). The number of hydrogen-bond acceptors (Lipinski definition) is 4. The lowest BCUT2D eigenvalue weighted by Gasteiger charge is -2.05. The average Bonchev–Trinajstić information content (AvgIpc) is 2.81. The minimum atomic E-state index is -0.387. The molecule has 0 aliphatic heterocycles. The number of halogens is 1. The molecule has 1 N–H and O–H groups in total. The molecular formula is C16H12FN5. The average molecular weight is 293 g/mol. The molecule has 0 amide bonds. The highest BCUT2D eigenvalue weighted by molar-refractivity contribution is 6.06. The SMILES string of the molecule is Cn1c2ccncc2c2ccc(Nc3cncc(F)c3)nc21. The van der Waals surface area contributed by atoms with Crippen LogP contribution in [0.5, 0.6) is 0 Å². The molecule has 0 aromatic carbocycles. The Hall–Kier alpha value is -3.02. The predicted octanol–water partition coefficient (Wildman–Crippen LogP) is 3.40. The first-order valence-electron chi connectivity index (χ1n) is 6.79. The van der Waals surface area contributed by atoms with Crippen molar-refractivity contribution in [1.29, 1.82) is 0 Å². The molecule has 108 valence electrons. The lowest BCUT2D eigenvalue weighted by atomic mass is 10.2. The van der Waals surface area contributed by atoms with Gasteiger partial charge in [0.2, 0.25) is 0 Å². The summed E-state index contributed by atoms with van der Waals surface area (Å²) in [6, 6.07) is 7.19. The van der Waals surface area contributed by atoms with Crippen LogP contribution in [0.25, 0.3) is 21.9 Å². The zero-order chi connectivity index (χ0) is 15.1. The lowest BCUT2D eigenvalue weighted by Crippen LogP contribution is -1.97. The third-order valence-electron chi connectivity index (χ3n) is 3.62. The van der Waals surface area contributed by atoms with E-state index in [1.165, 1.54) is 12.3 Å². The third kappa shape index (κ3) is 1.96. The van der Waals surface area contributed by atoms with Crippen molar-refractivity contribution in [2.24, 2.45) is 7.05 Å². The highest BCUT2D eigenvalue weighted by atomic mass is 19.1. The van der Waals surface area contributed by atoms with Gasteiger partial charge in [-0.1, -0.05) is 0 Å². The van der Waals surface area contributed by atoms with Crippen LogP contribution in [-0.4, -0.2) is 19.5 Å². The van der Waals surface area contributed by atoms with Crippen molar-refractivity contribution < 1.29 is 4.39 Å². The summed E-state index contributed by atoms with van der Waals surface area (Å²) < 4.78 is 15.2. The number of fused-ring (bicyclic) bond motifs is 3. The van der Waals surface area contributed by atoms with Crippen molar-refractivity contribution in [3.05, 3.63) is 54.9 Å². The Morgan fingerprint density at radius 3 is 2.82 bits per heavy atom. The monoisotopic (exact) mass is 293 g/mol. The van der Waals surface area contributed by atoms with Gasteiger partial charge >= 0.3 is 0 Å². The fraction of sp³-hybridized carbons (Fsp3) is 0.0625. The summed E-state index contributed by atoms with van der Waals surface area (Å²) in [7, 11) is 1.96. The second kappa shape index (κ2) is 4.77. The van der Waals surface area contributed by atoms with Crippen LogP contribution in [0.4, 0.5) is 15.9 Å². The Kier molecular flexibility index (Phi) is 2.75. The zero-order valence-electron chi connectivity index (χ0n) is 11.8. The molecule has 0 saturated heterocycles. The van der Waals surface area contributed by atoms with Crippen LogP contribution in [0, 0.1) is 5.82 Å². The standard InChI is InChI=1S/C16H12FN5/c1-22-14-4-5-18-9-13(14)12-2-3-15(21-16(12)22)20-11-6-10(17)7-19-8-11/h2-9H,1H3,(H,20,21). The smallest absolute Gasteiger partial charge is 0.143 e. The molecule has 0 unspecified atom stereocenters. The van der Waals surface area contributed by atoms with Gasteiger partial charge in [0.25, 0.3) is 0 Å². The fourth-order valence-corrected chi connectivity index (χ4v) is 2.61. The maximum absolute atomic E-state index is 13.2. The predicted molar refractivity (Wildman–Crippen MR) is 83.5 cm³/mol. The van der Waals surface area contributed by atoms with E-state index in [4.69, 9.17) is 0 Å². The normalized spacial score (nSPS) is 11.2. The first-order valence-corrected chi connectivity index (χ1v) is 6.79. The van der Waals surface area contributed by atoms with E-state index in [-0.39, 0.29) is 5.82 Å². The first-order chi connectivity index (χ1) is 10.7. The van der Waals surface area contributed by atoms with E-state index < -0.39 is 0 Å². The summed E-state index contributed by atoms with van der Waals surface area (Å²) in [5.41, 5.74) is 2.48. The molecule has 0 fully saturated rings. The Bertz CT molecular complexity index is 992. The van der Waals surface area contributed by atoms with E-state index in [1.807, 2.05) is 36.0 Å². The van der Waals surface area contributed by atoms with Gasteiger partial charge in [0, 0.05) is 36.3 Å². The van der Waals surface area contributed by atoms with E-state index in [0.29, 0.717) is 11.5 Å². The largest absolute Gasteiger partial charge is 0.339 e. The van der Waals surface area contributed by atoms with Crippen molar-refractivity contribution in [3.8, 4) is 0 Å². The maximum Gasteiger partial charge on any atom is 0.143 e. The number of nitrogens with zero attached hydrogens (tertiary/aromatic N) is 4. The fourth-order valence-electron chi connectivity index (χ4n) is 2.61. The number of aryl methyl sites for hydroxylation is 1. The lowest BCUT2D eigenvalue weighted by molar-refractivity contribution is 0.622. The highest BCUT2D eigenvalue weighted by Crippen LogP contribution is 2.27. The van der Waals surface area contributed by atoms with E-state index in [2.05, 4.69) is 20.3 Å². The van der Waals surface area contributed by atoms with Gasteiger partial charge < -0.3 is 9.88 Å². The van der Waals surface area contributed by atoms with Crippen LogP contribution in [0.2, 0.25) is 0 Å². The van der Waals surface area contributed by atoms with Crippen LogP contribution < -0.4 is 5.32 Å². The molecule has 0 saturated carbocycles. The summed E-state index contributed by atoms with van der Waals surface area (Å²) in [4.78, 5) is 12.6. The molecule has 4 aromatic rings. The second-order valence-electron chi connectivity index (χ2n) is 5.04. The van der Waals surface area contributed by atoms with Gasteiger partial charge in [-0.15, -0.1) is 0 Å². The van der Waals surface area contributed by atoms with Gasteiger partial charge in [-0.3, -0.25) is 9.97 Å². The molecule has 22 heavy (non-hydrogen) atoms. The van der Waals surface area contributed by atoms with E-state index in [0.717, 1.165) is 21.9 Å². The number of rotatable bonds is 2. The highest BCUT2D eigenvalue weighted by Gasteiger charge is 2.10. The number of aromatic nitrogens is 4. The molecule has 0 atom stereocenters. The first kappa shape index (κ1) is 12.7. The molecule has 5 nitrogen and oxygen atoms in total. The van der Waals surface area contributed by atoms with Gasteiger partial charge in [-0.2, -0.15) is 0 Å². The molecule has 4 heterocycles. The summed E-state index contributed by atoms with van der Waals surface area (Å²) in [5.74, 6) is 0.250. The quantitative estimate of drug-likeness (QED) is 0.615. The Morgan fingerprint density at radius 2 is 1.95 bits per heavy atom. The maximum atomic E-state index is 13.2. The van der Waals surface area contributed by atoms with Gasteiger partial charge in [0.15, 0.2) is 0 Å². The molecule has 0 spiro atoms. The van der Waals surface area contributed by atoms with Crippen LogP contribution in [0.15, 0.2) is 49.1 Å². The molecule has 0 bridgehead atoms. The minimum absolute atomic E-state index is 0.387. The van der Waals surface area contributed by atoms with Crippen LogP contribution >= 0.6 is 0 Å². The van der Waals surface area contributed by atoms with Crippen molar-refractivity contribution in [1.82, 2.24) is 19.5 Å². The molecule has 0 aliphatic rings. The van der Waals surface area contributed by atoms with E-state index in [9.17, 15) is 4.39 Å². The zero-order valence-corrected chi connectivity index (χ0v) is 11.8. The van der Waals surface area contributed by atoms with Crippen LogP contribution in [0.1, 0.15) is 0 Å². The van der Waals surface area contributed by atoms with Gasteiger partial charge in [0.05, 0.1) is 23.6 Å². The number of hydrogen-bond donors (Lipinski definition) is 1. The molecule has 0 radical (unpaired) electrons. The van der Waals surface area contributed by atoms with E-state index >= 15 is 0 Å². The van der Waals surface area contributed by atoms with E-state index in [1.54, 1.807) is 12.4 Å². The molecule has 6 heteroatoms. The number of nitrogens with one attached hydrogen (secondary N) is 1. The minimum Gasteiger partial charge on any atom is -0.339 e. The third-order valence-corrected chi connectivity index (χ3v) is 3.62. The molecular weight excluding hydrogens is 281 g/mol. The van der Waals surface area contributed by atoms with Gasteiger partial charge in [-0.25, -0.2) is 9.37 Å². The summed E-state index contributed by atoms with van der Waals surface area (Å²) in [6.07, 6.45) is 6.32. The Labute approximate surface area is 125 Å². The Morgan fingerprint density at radius 1 is 1.05 bits per heavy atom. The van der Waals surface area contributed by atoms with Crippen molar-refractivity contribution >= 4 is 33.4 Å². The number of anilines is 2. The summed E-state index contributed by atoms with van der Waals surface area (Å²) in [5, 5.41) is 5.16. The van der Waals surface area contributed by atoms with Gasteiger partial charge in [0.1, 0.15) is 17.3 Å². The van der Waals surface area contributed by atoms with Crippen molar-refractivity contribution in [2.75, 3.05) is 5.32 Å². The van der Waals surface area contributed by atoms with Crippen molar-refractivity contribution in [3.63, 3.8) is 0 Å². The second-order valence-corrected chi connectivity index (χ2v) is 5.04. The van der Waals surface area contributed by atoms with Crippen LogP contribution in [-0.2, 0) is 7.05 Å². The molecule has 0 aliphatic carbocycles. The topological polar surface area (TPSA) is 55.6 Å². The van der Waals surface area contributed by atoms with Crippen LogP contribution in [0.3, 0.4) is 0 Å². The Balaban J connectivity index is 1.84. The summed E-state index contributed by atoms with van der Waals surface area (Å²) >= 11 is 0. The van der Waals surface area contributed by atoms with Crippen molar-refractivity contribution in [2.45, 2.75) is 0 Å². The molecule has 4 aromatic heterocycles. The number of pyridine rings is 3. The summed E-state index contributed by atoms with van der Waals surface area (Å²) in [6.45, 7) is 0. The van der Waals surface area contributed by atoms with Gasteiger partial charge in [-0.05, 0) is 18.2 Å².